The van der Waals surface area contributed by atoms with Gasteiger partial charge in [-0.1, -0.05) is 25.3 Å². The Labute approximate surface area is 120 Å². The molecule has 1 saturated carbocycles. The van der Waals surface area contributed by atoms with Crippen molar-refractivity contribution in [1.29, 1.82) is 0 Å². The van der Waals surface area contributed by atoms with Crippen LogP contribution in [0.2, 0.25) is 0 Å². The summed E-state index contributed by atoms with van der Waals surface area (Å²) in [6.07, 6.45) is 7.51. The predicted octanol–water partition coefficient (Wildman–Crippen LogP) is 2.88. The largest absolute Gasteiger partial charge is 0.382 e. The van der Waals surface area contributed by atoms with Crippen LogP contribution in [-0.4, -0.2) is 27.3 Å². The van der Waals surface area contributed by atoms with Crippen LogP contribution in [0.4, 0.5) is 11.4 Å². The van der Waals surface area contributed by atoms with Gasteiger partial charge in [-0.2, -0.15) is 0 Å². The fraction of sp³-hybridized carbons (Fsp3) is 0.600. The Morgan fingerprint density at radius 2 is 1.95 bits per heavy atom. The molecule has 3 rings (SSSR count). The van der Waals surface area contributed by atoms with Gasteiger partial charge in [0.2, 0.25) is 0 Å². The van der Waals surface area contributed by atoms with Crippen LogP contribution in [0.15, 0.2) is 23.1 Å². The van der Waals surface area contributed by atoms with Crippen molar-refractivity contribution in [2.45, 2.75) is 43.0 Å². The molecule has 110 valence electrons. The minimum Gasteiger partial charge on any atom is -0.382 e. The Morgan fingerprint density at radius 3 is 2.75 bits per heavy atom. The zero-order valence-electron chi connectivity index (χ0n) is 11.9. The predicted molar refractivity (Wildman–Crippen MR) is 82.0 cm³/mol. The average Bonchev–Trinajstić information content (AvgIpc) is 2.69. The SMILES string of the molecule is CS(=O)(=O)c1cccc2c1NCC1CCCCCC1N2. The Bertz CT molecular complexity index is 598. The maximum absolute atomic E-state index is 11.9. The van der Waals surface area contributed by atoms with Gasteiger partial charge in [0.25, 0.3) is 0 Å². The van der Waals surface area contributed by atoms with Crippen LogP contribution < -0.4 is 10.6 Å². The van der Waals surface area contributed by atoms with Crippen LogP contribution >= 0.6 is 0 Å². The van der Waals surface area contributed by atoms with Gasteiger partial charge in [0, 0.05) is 18.8 Å². The van der Waals surface area contributed by atoms with E-state index in [-0.39, 0.29) is 0 Å². The third-order valence-electron chi connectivity index (χ3n) is 4.47. The molecule has 0 amide bonds. The van der Waals surface area contributed by atoms with E-state index in [2.05, 4.69) is 10.6 Å². The van der Waals surface area contributed by atoms with Gasteiger partial charge in [0.15, 0.2) is 9.84 Å². The maximum Gasteiger partial charge on any atom is 0.177 e. The van der Waals surface area contributed by atoms with Crippen LogP contribution in [0.3, 0.4) is 0 Å². The molecule has 0 aromatic heterocycles. The molecule has 1 fully saturated rings. The van der Waals surface area contributed by atoms with Crippen LogP contribution in [-0.2, 0) is 9.84 Å². The number of fused-ring (bicyclic) bond motifs is 2. The number of anilines is 2. The zero-order chi connectivity index (χ0) is 14.2. The van der Waals surface area contributed by atoms with Crippen molar-refractivity contribution in [3.63, 3.8) is 0 Å². The standard InChI is InChI=1S/C15H22N2O2S/c1-20(18,19)14-9-5-8-13-15(14)16-10-11-6-3-2-4-7-12(11)17-13/h5,8-9,11-12,16-17H,2-4,6-7,10H2,1H3. The summed E-state index contributed by atoms with van der Waals surface area (Å²) < 4.78 is 23.8. The van der Waals surface area contributed by atoms with Crippen molar-refractivity contribution >= 4 is 21.2 Å². The second kappa shape index (κ2) is 5.28. The fourth-order valence-corrected chi connectivity index (χ4v) is 4.27. The number of para-hydroxylation sites is 1. The normalized spacial score (nSPS) is 26.2. The molecule has 2 unspecified atom stereocenters. The van der Waals surface area contributed by atoms with Crippen LogP contribution in [0.5, 0.6) is 0 Å². The first-order chi connectivity index (χ1) is 9.55. The lowest BCUT2D eigenvalue weighted by molar-refractivity contribution is 0.444. The number of hydrogen-bond donors (Lipinski definition) is 2. The van der Waals surface area contributed by atoms with E-state index < -0.39 is 9.84 Å². The van der Waals surface area contributed by atoms with Gasteiger partial charge >= 0.3 is 0 Å². The zero-order valence-corrected chi connectivity index (χ0v) is 12.7. The van der Waals surface area contributed by atoms with E-state index in [9.17, 15) is 8.42 Å². The second-order valence-electron chi connectivity index (χ2n) is 5.98. The Morgan fingerprint density at radius 1 is 1.15 bits per heavy atom. The highest BCUT2D eigenvalue weighted by molar-refractivity contribution is 7.90. The van der Waals surface area contributed by atoms with Gasteiger partial charge in [0.1, 0.15) is 0 Å². The highest BCUT2D eigenvalue weighted by Gasteiger charge is 2.28. The molecule has 1 heterocycles. The summed E-state index contributed by atoms with van der Waals surface area (Å²) >= 11 is 0. The van der Waals surface area contributed by atoms with Crippen LogP contribution in [0.25, 0.3) is 0 Å². The van der Waals surface area contributed by atoms with Crippen LogP contribution in [0, 0.1) is 5.92 Å². The van der Waals surface area contributed by atoms with Crippen molar-refractivity contribution in [3.05, 3.63) is 18.2 Å². The molecular formula is C15H22N2O2S. The molecule has 20 heavy (non-hydrogen) atoms. The molecular weight excluding hydrogens is 272 g/mol. The van der Waals surface area contributed by atoms with E-state index in [1.165, 1.54) is 38.4 Å². The van der Waals surface area contributed by atoms with E-state index in [0.717, 1.165) is 17.9 Å². The maximum atomic E-state index is 11.9. The third kappa shape index (κ3) is 2.64. The van der Waals surface area contributed by atoms with Gasteiger partial charge in [-0.25, -0.2) is 8.42 Å². The molecule has 2 atom stereocenters. The Kier molecular flexibility index (Phi) is 3.63. The smallest absolute Gasteiger partial charge is 0.177 e. The molecule has 2 N–H and O–H groups in total. The summed E-state index contributed by atoms with van der Waals surface area (Å²) in [7, 11) is -3.20. The number of sulfone groups is 1. The molecule has 1 aromatic carbocycles. The van der Waals surface area contributed by atoms with Crippen LogP contribution in [0.1, 0.15) is 32.1 Å². The van der Waals surface area contributed by atoms with E-state index in [0.29, 0.717) is 16.9 Å². The van der Waals surface area contributed by atoms with Gasteiger partial charge in [-0.15, -0.1) is 0 Å². The first kappa shape index (κ1) is 13.7. The molecule has 1 aliphatic carbocycles. The number of hydrogen-bond acceptors (Lipinski definition) is 4. The molecule has 1 aromatic rings. The lowest BCUT2D eigenvalue weighted by Gasteiger charge is -2.23. The van der Waals surface area contributed by atoms with E-state index in [1.54, 1.807) is 6.07 Å². The van der Waals surface area contributed by atoms with Gasteiger partial charge in [-0.05, 0) is 30.9 Å². The summed E-state index contributed by atoms with van der Waals surface area (Å²) in [6.45, 7) is 0.858. The lowest BCUT2D eigenvalue weighted by Crippen LogP contribution is -2.30. The Hall–Kier alpha value is -1.23. The first-order valence-corrected chi connectivity index (χ1v) is 9.28. The minimum atomic E-state index is -3.20. The number of benzene rings is 1. The molecule has 4 nitrogen and oxygen atoms in total. The fourth-order valence-electron chi connectivity index (χ4n) is 3.39. The Balaban J connectivity index is 1.99. The molecule has 5 heteroatoms. The van der Waals surface area contributed by atoms with E-state index in [4.69, 9.17) is 0 Å². The summed E-state index contributed by atoms with van der Waals surface area (Å²) in [4.78, 5) is 0.402. The lowest BCUT2D eigenvalue weighted by atomic mass is 9.95. The van der Waals surface area contributed by atoms with Crippen molar-refractivity contribution in [3.8, 4) is 0 Å². The minimum absolute atomic E-state index is 0.402. The topological polar surface area (TPSA) is 58.2 Å². The van der Waals surface area contributed by atoms with E-state index >= 15 is 0 Å². The summed E-state index contributed by atoms with van der Waals surface area (Å²) in [5.41, 5.74) is 1.69. The van der Waals surface area contributed by atoms with Gasteiger partial charge in [-0.3, -0.25) is 0 Å². The second-order valence-corrected chi connectivity index (χ2v) is 7.96. The monoisotopic (exact) mass is 294 g/mol. The summed E-state index contributed by atoms with van der Waals surface area (Å²) in [6, 6.07) is 5.94. The van der Waals surface area contributed by atoms with Gasteiger partial charge < -0.3 is 10.6 Å². The number of rotatable bonds is 1. The van der Waals surface area contributed by atoms with Crippen molar-refractivity contribution in [2.75, 3.05) is 23.4 Å². The van der Waals surface area contributed by atoms with Crippen molar-refractivity contribution in [1.82, 2.24) is 0 Å². The summed E-state index contributed by atoms with van der Waals surface area (Å²) in [5.74, 6) is 0.581. The molecule has 0 bridgehead atoms. The van der Waals surface area contributed by atoms with Crippen molar-refractivity contribution in [2.24, 2.45) is 5.92 Å². The number of nitrogens with one attached hydrogen (secondary N) is 2. The highest BCUT2D eigenvalue weighted by atomic mass is 32.2. The summed E-state index contributed by atoms with van der Waals surface area (Å²) in [5, 5.41) is 6.97. The van der Waals surface area contributed by atoms with E-state index in [1.807, 2.05) is 12.1 Å². The van der Waals surface area contributed by atoms with Gasteiger partial charge in [0.05, 0.1) is 16.3 Å². The van der Waals surface area contributed by atoms with Crippen molar-refractivity contribution < 1.29 is 8.42 Å². The quantitative estimate of drug-likeness (QED) is 0.836. The molecule has 0 spiro atoms. The molecule has 0 saturated heterocycles. The molecule has 1 aliphatic heterocycles. The first-order valence-electron chi connectivity index (χ1n) is 7.39. The molecule has 0 radical (unpaired) electrons. The highest BCUT2D eigenvalue weighted by Crippen LogP contribution is 2.36. The average molecular weight is 294 g/mol. The molecule has 2 aliphatic rings. The third-order valence-corrected chi connectivity index (χ3v) is 5.61.